The Morgan fingerprint density at radius 1 is 0.914 bits per heavy atom. The summed E-state index contributed by atoms with van der Waals surface area (Å²) in [7, 11) is 4.86. The Labute approximate surface area is 210 Å². The predicted octanol–water partition coefficient (Wildman–Crippen LogP) is 3.98. The third-order valence-corrected chi connectivity index (χ3v) is 7.21. The van der Waals surface area contributed by atoms with Crippen LogP contribution in [-0.2, 0) is 0 Å². The minimum atomic E-state index is 0.0425. The number of hydrogen-bond acceptors (Lipinski definition) is 8. The molecule has 0 saturated carbocycles. The van der Waals surface area contributed by atoms with Gasteiger partial charge < -0.3 is 23.8 Å². The van der Waals surface area contributed by atoms with Crippen LogP contribution >= 0.6 is 11.3 Å². The first-order valence-electron chi connectivity index (χ1n) is 11.5. The minimum absolute atomic E-state index is 0.0425. The summed E-state index contributed by atoms with van der Waals surface area (Å²) in [5.41, 5.74) is 1.65. The summed E-state index contributed by atoms with van der Waals surface area (Å²) >= 11 is 1.42. The number of benzene rings is 2. The summed E-state index contributed by atoms with van der Waals surface area (Å²) in [6.07, 6.45) is 0. The number of ether oxygens (including phenoxy) is 4. The van der Waals surface area contributed by atoms with Gasteiger partial charge in [-0.2, -0.15) is 0 Å². The van der Waals surface area contributed by atoms with Crippen LogP contribution in [0.1, 0.15) is 15.4 Å². The number of aromatic nitrogens is 1. The van der Waals surface area contributed by atoms with Gasteiger partial charge in [0, 0.05) is 38.3 Å². The Hall–Kier alpha value is -3.30. The van der Waals surface area contributed by atoms with Crippen molar-refractivity contribution < 1.29 is 23.7 Å². The highest BCUT2D eigenvalue weighted by Crippen LogP contribution is 2.35. The van der Waals surface area contributed by atoms with E-state index in [1.54, 1.807) is 21.3 Å². The molecule has 1 fully saturated rings. The third-order valence-electron chi connectivity index (χ3n) is 6.02. The third kappa shape index (κ3) is 5.86. The monoisotopic (exact) mass is 497 g/mol. The summed E-state index contributed by atoms with van der Waals surface area (Å²) in [4.78, 5) is 22.8. The number of carbonyl (C=O) groups excluding carboxylic acids is 1. The standard InChI is InChI=1S/C26H31N3O5S/c1-18-24(35-25(27-18)19-5-10-22(32-3)23(17-19)33-4)26(30)29-13-11-28(12-14-29)15-16-34-21-8-6-20(31-2)7-9-21/h5-10,17H,11-16H2,1-4H3. The van der Waals surface area contributed by atoms with E-state index in [0.29, 0.717) is 36.1 Å². The average molecular weight is 498 g/mol. The summed E-state index contributed by atoms with van der Waals surface area (Å²) in [6.45, 7) is 6.31. The lowest BCUT2D eigenvalue weighted by Gasteiger charge is -2.34. The summed E-state index contributed by atoms with van der Waals surface area (Å²) in [6, 6.07) is 13.3. The number of piperazine rings is 1. The van der Waals surface area contributed by atoms with Crippen molar-refractivity contribution in [3.63, 3.8) is 0 Å². The van der Waals surface area contributed by atoms with Gasteiger partial charge in [-0.1, -0.05) is 0 Å². The van der Waals surface area contributed by atoms with Crippen LogP contribution in [0.15, 0.2) is 42.5 Å². The Morgan fingerprint density at radius 3 is 2.26 bits per heavy atom. The van der Waals surface area contributed by atoms with Crippen molar-refractivity contribution in [3.8, 4) is 33.6 Å². The molecule has 0 bridgehead atoms. The first-order valence-corrected chi connectivity index (χ1v) is 12.3. The van der Waals surface area contributed by atoms with Crippen LogP contribution in [0.2, 0.25) is 0 Å². The second-order valence-electron chi connectivity index (χ2n) is 8.16. The fourth-order valence-electron chi connectivity index (χ4n) is 3.97. The lowest BCUT2D eigenvalue weighted by atomic mass is 10.2. The highest BCUT2D eigenvalue weighted by atomic mass is 32.1. The topological polar surface area (TPSA) is 73.4 Å². The van der Waals surface area contributed by atoms with E-state index in [9.17, 15) is 4.79 Å². The van der Waals surface area contributed by atoms with Gasteiger partial charge >= 0.3 is 0 Å². The predicted molar refractivity (Wildman–Crippen MR) is 136 cm³/mol. The molecule has 8 nitrogen and oxygen atoms in total. The first kappa shape index (κ1) is 24.8. The lowest BCUT2D eigenvalue weighted by Crippen LogP contribution is -2.49. The normalized spacial score (nSPS) is 14.0. The second kappa shape index (κ2) is 11.4. The maximum Gasteiger partial charge on any atom is 0.265 e. The van der Waals surface area contributed by atoms with Crippen molar-refractivity contribution in [3.05, 3.63) is 53.0 Å². The smallest absolute Gasteiger partial charge is 0.265 e. The van der Waals surface area contributed by atoms with Crippen LogP contribution in [0.25, 0.3) is 10.6 Å². The zero-order chi connectivity index (χ0) is 24.8. The molecule has 0 aliphatic carbocycles. The lowest BCUT2D eigenvalue weighted by molar-refractivity contribution is 0.0624. The molecule has 1 aromatic heterocycles. The van der Waals surface area contributed by atoms with Gasteiger partial charge in [-0.15, -0.1) is 11.3 Å². The molecule has 9 heteroatoms. The van der Waals surface area contributed by atoms with Crippen LogP contribution in [0.4, 0.5) is 0 Å². The molecule has 186 valence electrons. The van der Waals surface area contributed by atoms with E-state index in [-0.39, 0.29) is 5.91 Å². The van der Waals surface area contributed by atoms with Gasteiger partial charge in [0.25, 0.3) is 5.91 Å². The van der Waals surface area contributed by atoms with E-state index < -0.39 is 0 Å². The molecule has 2 aromatic carbocycles. The maximum absolute atomic E-state index is 13.2. The molecule has 4 rings (SSSR count). The summed E-state index contributed by atoms with van der Waals surface area (Å²) in [5.74, 6) is 2.97. The van der Waals surface area contributed by atoms with Crippen molar-refractivity contribution >= 4 is 17.2 Å². The van der Waals surface area contributed by atoms with Gasteiger partial charge in [-0.25, -0.2) is 4.98 Å². The number of rotatable bonds is 9. The number of aryl methyl sites for hydroxylation is 1. The Kier molecular flexibility index (Phi) is 8.09. The molecule has 1 amide bonds. The molecule has 0 radical (unpaired) electrons. The van der Waals surface area contributed by atoms with Crippen LogP contribution in [0.5, 0.6) is 23.0 Å². The van der Waals surface area contributed by atoms with Gasteiger partial charge in [0.1, 0.15) is 28.0 Å². The number of hydrogen-bond donors (Lipinski definition) is 0. The Balaban J connectivity index is 1.31. The quantitative estimate of drug-likeness (QED) is 0.443. The van der Waals surface area contributed by atoms with Crippen LogP contribution in [0.3, 0.4) is 0 Å². The molecule has 1 saturated heterocycles. The van der Waals surface area contributed by atoms with Crippen molar-refractivity contribution in [2.45, 2.75) is 6.92 Å². The van der Waals surface area contributed by atoms with Gasteiger partial charge in [-0.3, -0.25) is 9.69 Å². The van der Waals surface area contributed by atoms with Gasteiger partial charge in [0.2, 0.25) is 0 Å². The van der Waals surface area contributed by atoms with Crippen molar-refractivity contribution in [1.82, 2.24) is 14.8 Å². The number of thiazole rings is 1. The summed E-state index contributed by atoms with van der Waals surface area (Å²) < 4.78 is 21.7. The Morgan fingerprint density at radius 2 is 1.60 bits per heavy atom. The van der Waals surface area contributed by atoms with E-state index in [1.807, 2.05) is 54.3 Å². The maximum atomic E-state index is 13.2. The first-order chi connectivity index (χ1) is 17.0. The molecule has 0 spiro atoms. The van der Waals surface area contributed by atoms with Gasteiger partial charge in [-0.05, 0) is 49.4 Å². The molecule has 3 aromatic rings. The number of carbonyl (C=O) groups is 1. The van der Waals surface area contributed by atoms with Crippen LogP contribution in [0, 0.1) is 6.92 Å². The van der Waals surface area contributed by atoms with Gasteiger partial charge in [0.05, 0.1) is 27.0 Å². The van der Waals surface area contributed by atoms with E-state index in [4.69, 9.17) is 18.9 Å². The van der Waals surface area contributed by atoms with Crippen molar-refractivity contribution in [2.24, 2.45) is 0 Å². The van der Waals surface area contributed by atoms with E-state index in [2.05, 4.69) is 9.88 Å². The number of amides is 1. The van der Waals surface area contributed by atoms with Crippen LogP contribution in [-0.4, -0.2) is 81.4 Å². The summed E-state index contributed by atoms with van der Waals surface area (Å²) in [5, 5.41) is 0.793. The molecule has 0 atom stereocenters. The van der Waals surface area contributed by atoms with Crippen molar-refractivity contribution in [2.75, 3.05) is 60.7 Å². The molecule has 0 unspecified atom stereocenters. The highest BCUT2D eigenvalue weighted by molar-refractivity contribution is 7.17. The number of methoxy groups -OCH3 is 3. The largest absolute Gasteiger partial charge is 0.497 e. The minimum Gasteiger partial charge on any atom is -0.497 e. The molecular weight excluding hydrogens is 466 g/mol. The fourth-order valence-corrected chi connectivity index (χ4v) is 5.00. The zero-order valence-electron chi connectivity index (χ0n) is 20.6. The highest BCUT2D eigenvalue weighted by Gasteiger charge is 2.26. The molecule has 1 aliphatic rings. The average Bonchev–Trinajstić information content (AvgIpc) is 3.30. The second-order valence-corrected chi connectivity index (χ2v) is 9.16. The molecule has 35 heavy (non-hydrogen) atoms. The zero-order valence-corrected chi connectivity index (χ0v) is 21.4. The van der Waals surface area contributed by atoms with E-state index in [0.717, 1.165) is 47.4 Å². The molecule has 2 heterocycles. The molecule has 1 aliphatic heterocycles. The fraction of sp³-hybridized carbons (Fsp3) is 0.385. The SMILES string of the molecule is COc1ccc(OCCN2CCN(C(=O)c3sc(-c4ccc(OC)c(OC)c4)nc3C)CC2)cc1. The molecular formula is C26H31N3O5S. The van der Waals surface area contributed by atoms with E-state index >= 15 is 0 Å². The van der Waals surface area contributed by atoms with Gasteiger partial charge in [0.15, 0.2) is 11.5 Å². The van der Waals surface area contributed by atoms with Crippen LogP contribution < -0.4 is 18.9 Å². The van der Waals surface area contributed by atoms with Crippen molar-refractivity contribution in [1.29, 1.82) is 0 Å². The number of nitrogens with zero attached hydrogens (tertiary/aromatic N) is 3. The molecule has 0 N–H and O–H groups in total. The van der Waals surface area contributed by atoms with E-state index in [1.165, 1.54) is 11.3 Å². The Bertz CT molecular complexity index is 1140.